The van der Waals surface area contributed by atoms with Crippen molar-refractivity contribution in [1.82, 2.24) is 39.0 Å². The lowest BCUT2D eigenvalue weighted by atomic mass is 9.64. The average Bonchev–Trinajstić information content (AvgIpc) is 1.51. The van der Waals surface area contributed by atoms with Gasteiger partial charge in [0.25, 0.3) is 0 Å². The van der Waals surface area contributed by atoms with Crippen LogP contribution in [-0.2, 0) is 10.8 Å². The zero-order chi connectivity index (χ0) is 81.4. The molecule has 2 atom stereocenters. The lowest BCUT2D eigenvalue weighted by Crippen LogP contribution is -2.34. The number of nitrogens with zero attached hydrogens (tertiary/aromatic N) is 8. The Hall–Kier alpha value is -15.4. The summed E-state index contributed by atoms with van der Waals surface area (Å²) in [5.74, 6) is 3.90. The second kappa shape index (κ2) is 29.5. The largest absolute Gasteiger partial charge is 0.450 e. The van der Waals surface area contributed by atoms with Gasteiger partial charge in [-0.05, 0) is 152 Å². The number of benzene rings is 18. The van der Waals surface area contributed by atoms with Crippen LogP contribution in [0, 0.1) is 0 Å². The highest BCUT2D eigenvalue weighted by molar-refractivity contribution is 9.10. The van der Waals surface area contributed by atoms with Crippen LogP contribution in [0.3, 0.4) is 0 Å². The summed E-state index contributed by atoms with van der Waals surface area (Å²) >= 11 is 3.78. The maximum absolute atomic E-state index is 9.94. The summed E-state index contributed by atoms with van der Waals surface area (Å²) in [5, 5.41) is 19.6. The average molecular weight is 1650 g/mol. The standard InChI is InChI=1S/C56H34N4.C31H19BNO.C25H16BrN3.H2O/c1-3-17-36(18-4-1)53-57-54(37-19-5-2-6-20-37)59-55(58-53)44-33-30-35-16-7-8-21-39(35)51(44)38-31-32-41-40-22-9-11-25-45(40)56(48(41)34-38)46-26-12-14-29-50(46)60-49-28-13-10-23-42(49)43-24-15-27-47(56)52(43)60;34-32-19-16-17-21-20-8-1-3-11-24(20)31(27(21)18-19)25-12-4-6-15-29(25)33-28-14-5-2-9-22(28)23-10-7-13-26(31)30(23)33;26-22-20-14-8-7-9-17(20)15-16-21(22)25-28-23(18-10-3-1-4-11-18)27-24(29-25)19-12-5-2-6-13-19;/h1-34H;1-18,34H;1-16H;1H2. The van der Waals surface area contributed by atoms with Crippen molar-refractivity contribution in [2.24, 2.45) is 0 Å². The van der Waals surface area contributed by atoms with Crippen LogP contribution in [0.15, 0.2) is 417 Å². The number of hydrogen-bond acceptors (Lipinski definition) is 7. The first-order valence-corrected chi connectivity index (χ1v) is 42.4. The van der Waals surface area contributed by atoms with Crippen molar-refractivity contribution in [2.45, 2.75) is 10.8 Å². The highest BCUT2D eigenvalue weighted by Gasteiger charge is 2.53. The van der Waals surface area contributed by atoms with E-state index in [9.17, 15) is 5.02 Å². The Kier molecular flexibility index (Phi) is 17.5. The van der Waals surface area contributed by atoms with Crippen molar-refractivity contribution in [3.63, 3.8) is 0 Å². The van der Waals surface area contributed by atoms with E-state index in [-0.39, 0.29) is 5.48 Å². The van der Waals surface area contributed by atoms with Crippen LogP contribution in [0.2, 0.25) is 0 Å². The normalized spacial score (nSPS) is 14.4. The van der Waals surface area contributed by atoms with Crippen LogP contribution in [-0.4, -0.2) is 57.0 Å². The summed E-state index contributed by atoms with van der Waals surface area (Å²) in [6.45, 7) is 0. The Labute approximate surface area is 723 Å². The molecule has 2 aliphatic heterocycles. The van der Waals surface area contributed by atoms with Gasteiger partial charge in [0, 0.05) is 65.0 Å². The number of fused-ring (bicyclic) bond motifs is 26. The van der Waals surface area contributed by atoms with E-state index in [4.69, 9.17) is 29.9 Å². The van der Waals surface area contributed by atoms with Gasteiger partial charge in [-0.2, -0.15) is 0 Å². The van der Waals surface area contributed by atoms with Gasteiger partial charge in [-0.25, -0.2) is 29.9 Å². The molecule has 0 bridgehead atoms. The van der Waals surface area contributed by atoms with E-state index in [1.807, 2.05) is 115 Å². The Morgan fingerprint density at radius 3 is 1.06 bits per heavy atom. The van der Waals surface area contributed by atoms with Gasteiger partial charge in [-0.3, -0.25) is 0 Å². The summed E-state index contributed by atoms with van der Waals surface area (Å²) < 4.78 is 5.94. The number of rotatable bonds is 8. The third-order valence-electron chi connectivity index (χ3n) is 25.5. The molecule has 26 rings (SSSR count). The molecule has 3 N–H and O–H groups in total. The maximum Gasteiger partial charge on any atom is 0.326 e. The van der Waals surface area contributed by atoms with Crippen molar-refractivity contribution in [3.8, 4) is 113 Å². The highest BCUT2D eigenvalue weighted by Crippen LogP contribution is 2.64. The third-order valence-corrected chi connectivity index (χ3v) is 26.4. The van der Waals surface area contributed by atoms with Gasteiger partial charge in [0.05, 0.1) is 44.3 Å². The summed E-state index contributed by atoms with van der Waals surface area (Å²) in [6.07, 6.45) is 0. The number of aromatic nitrogens is 8. The van der Waals surface area contributed by atoms with E-state index in [0.29, 0.717) is 34.9 Å². The molecule has 1 radical (unpaired) electrons. The second-order valence-electron chi connectivity index (χ2n) is 31.9. The fourth-order valence-electron chi connectivity index (χ4n) is 20.4. The predicted octanol–water partition coefficient (Wildman–Crippen LogP) is 25.1. The zero-order valence-corrected chi connectivity index (χ0v) is 68.3. The molecule has 6 heterocycles. The second-order valence-corrected chi connectivity index (χ2v) is 32.7. The molecule has 0 fully saturated rings. The minimum atomic E-state index is -0.568. The topological polar surface area (TPSA) is 139 Å². The summed E-state index contributed by atoms with van der Waals surface area (Å²) in [5.41, 5.74) is 30.5. The van der Waals surface area contributed by atoms with Crippen LogP contribution in [0.4, 0.5) is 0 Å². The molecular formula is C112H71BBrN8O2. The molecule has 4 aliphatic rings. The van der Waals surface area contributed by atoms with E-state index in [2.05, 4.69) is 322 Å². The van der Waals surface area contributed by atoms with Crippen LogP contribution >= 0.6 is 15.9 Å². The van der Waals surface area contributed by atoms with Crippen molar-refractivity contribution < 1.29 is 10.5 Å². The maximum atomic E-state index is 9.94. The fourth-order valence-corrected chi connectivity index (χ4v) is 21.1. The molecular weight excluding hydrogens is 1580 g/mol. The van der Waals surface area contributed by atoms with Crippen LogP contribution in [0.25, 0.3) is 178 Å². The van der Waals surface area contributed by atoms with Crippen molar-refractivity contribution in [1.29, 1.82) is 0 Å². The Bertz CT molecular complexity index is 7980. The molecule has 581 valence electrons. The number of para-hydroxylation sites is 6. The quantitative estimate of drug-likeness (QED) is 0.149. The molecule has 0 amide bonds. The zero-order valence-electron chi connectivity index (χ0n) is 66.7. The third kappa shape index (κ3) is 11.1. The van der Waals surface area contributed by atoms with E-state index >= 15 is 0 Å². The van der Waals surface area contributed by atoms with E-state index in [1.54, 1.807) is 0 Å². The van der Waals surface area contributed by atoms with Crippen LogP contribution in [0.1, 0.15) is 44.5 Å². The van der Waals surface area contributed by atoms with E-state index in [0.717, 1.165) is 70.6 Å². The molecule has 2 aliphatic carbocycles. The van der Waals surface area contributed by atoms with Gasteiger partial charge >= 0.3 is 7.48 Å². The molecule has 10 nitrogen and oxygen atoms in total. The highest BCUT2D eigenvalue weighted by atomic mass is 79.9. The summed E-state index contributed by atoms with van der Waals surface area (Å²) in [7, 11) is 1.21. The monoisotopic (exact) mass is 1650 g/mol. The predicted molar refractivity (Wildman–Crippen MR) is 508 cm³/mol. The fraction of sp³-hybridized carbons (Fsp3) is 0.0179. The van der Waals surface area contributed by atoms with Gasteiger partial charge in [-0.15, -0.1) is 0 Å². The SMILES string of the molecule is Brc1c(-c2nc(-c3ccccc3)nc(-c3ccccc3)n2)ccc2ccccc12.O.O[B]c1ccc2c(c1)C1(c3ccccc3-2)c2ccccc2-n2c3ccccc3c3cccc1c32.c1ccc(-c2nc(-c3ccccc3)nc(-c3ccc4ccccc4c3-c3ccc4c(c3)C3(c5ccccc5-4)c4ccccc4-n4c5ccccc5c5cccc3c54)n2)cc1. The molecule has 22 aromatic rings. The van der Waals surface area contributed by atoms with E-state index in [1.165, 1.54) is 135 Å². The minimum absolute atomic E-state index is 0. The van der Waals surface area contributed by atoms with Crippen molar-refractivity contribution >= 4 is 94.0 Å². The number of hydrogen-bond donors (Lipinski definition) is 1. The molecule has 2 unspecified atom stereocenters. The molecule has 0 saturated heterocycles. The minimum Gasteiger partial charge on any atom is -0.450 e. The molecule has 4 aromatic heterocycles. The van der Waals surface area contributed by atoms with Crippen LogP contribution in [0.5, 0.6) is 0 Å². The Morgan fingerprint density at radius 2 is 0.581 bits per heavy atom. The Morgan fingerprint density at radius 1 is 0.242 bits per heavy atom. The smallest absolute Gasteiger partial charge is 0.326 e. The molecule has 2 spiro atoms. The molecule has 12 heteroatoms. The first-order chi connectivity index (χ1) is 60.9. The molecule has 124 heavy (non-hydrogen) atoms. The van der Waals surface area contributed by atoms with Gasteiger partial charge < -0.3 is 19.6 Å². The van der Waals surface area contributed by atoms with Gasteiger partial charge in [-0.1, -0.05) is 376 Å². The lowest BCUT2D eigenvalue weighted by molar-refractivity contribution is 0.615. The van der Waals surface area contributed by atoms with Gasteiger partial charge in [0.2, 0.25) is 0 Å². The summed E-state index contributed by atoms with van der Waals surface area (Å²) in [4.78, 5) is 29.9. The van der Waals surface area contributed by atoms with Crippen LogP contribution < -0.4 is 5.46 Å². The van der Waals surface area contributed by atoms with E-state index < -0.39 is 10.8 Å². The summed E-state index contributed by atoms with van der Waals surface area (Å²) in [6, 6.07) is 146. The Balaban J connectivity index is 0.000000117. The lowest BCUT2D eigenvalue weighted by Gasteiger charge is -2.39. The first-order valence-electron chi connectivity index (χ1n) is 41.6. The molecule has 0 saturated carbocycles. The number of halogens is 1. The van der Waals surface area contributed by atoms with Gasteiger partial charge in [0.15, 0.2) is 34.9 Å². The van der Waals surface area contributed by atoms with Crippen molar-refractivity contribution in [3.05, 3.63) is 461 Å². The molecule has 18 aromatic carbocycles. The first kappa shape index (κ1) is 73.7. The van der Waals surface area contributed by atoms with Crippen molar-refractivity contribution in [2.75, 3.05) is 0 Å². The van der Waals surface area contributed by atoms with Gasteiger partial charge in [0.1, 0.15) is 0 Å².